The second kappa shape index (κ2) is 8.71. The molecule has 0 saturated heterocycles. The third-order valence-electron chi connectivity index (χ3n) is 3.09. The van der Waals surface area contributed by atoms with Crippen LogP contribution in [0.5, 0.6) is 0 Å². The Labute approximate surface area is 115 Å². The summed E-state index contributed by atoms with van der Waals surface area (Å²) >= 11 is 0. The van der Waals surface area contributed by atoms with Crippen molar-refractivity contribution in [3.05, 3.63) is 11.6 Å². The van der Waals surface area contributed by atoms with Gasteiger partial charge < -0.3 is 9.22 Å². The minimum atomic E-state index is 0.656. The number of hydrogen-bond acceptors (Lipinski definition) is 1. The maximum absolute atomic E-state index is 5.68. The Bertz CT molecular complexity index is 226. The zero-order valence-corrected chi connectivity index (χ0v) is 13.6. The van der Waals surface area contributed by atoms with Gasteiger partial charge in [-0.1, -0.05) is 39.3 Å². The molecule has 0 bridgehead atoms. The Balaban J connectivity index is 3.69. The van der Waals surface area contributed by atoms with Gasteiger partial charge >= 0.3 is 0 Å². The molecule has 0 aromatic heterocycles. The quantitative estimate of drug-likeness (QED) is 0.347. The van der Waals surface area contributed by atoms with Gasteiger partial charge in [-0.05, 0) is 18.3 Å². The lowest BCUT2D eigenvalue weighted by molar-refractivity contribution is -0.870. The third kappa shape index (κ3) is 9.67. The van der Waals surface area contributed by atoms with Gasteiger partial charge in [0.25, 0.3) is 0 Å². The van der Waals surface area contributed by atoms with E-state index in [4.69, 9.17) is 4.74 Å². The first kappa shape index (κ1) is 17.7. The lowest BCUT2D eigenvalue weighted by Crippen LogP contribution is -2.35. The lowest BCUT2D eigenvalue weighted by Gasteiger charge is -2.23. The van der Waals surface area contributed by atoms with Gasteiger partial charge in [-0.15, -0.1) is 0 Å². The van der Waals surface area contributed by atoms with E-state index in [-0.39, 0.29) is 0 Å². The van der Waals surface area contributed by atoms with Crippen molar-refractivity contribution in [1.82, 2.24) is 0 Å². The van der Waals surface area contributed by atoms with Crippen LogP contribution in [-0.4, -0.2) is 45.4 Å². The van der Waals surface area contributed by atoms with E-state index in [1.54, 1.807) is 5.57 Å². The van der Waals surface area contributed by atoms with Gasteiger partial charge in [-0.25, -0.2) is 0 Å². The number of quaternary nitrogens is 1. The topological polar surface area (TPSA) is 9.23 Å². The Hall–Kier alpha value is -0.340. The van der Waals surface area contributed by atoms with E-state index < -0.39 is 0 Å². The fourth-order valence-electron chi connectivity index (χ4n) is 2.19. The zero-order valence-electron chi connectivity index (χ0n) is 13.6. The van der Waals surface area contributed by atoms with Crippen molar-refractivity contribution in [2.75, 3.05) is 40.9 Å². The highest BCUT2D eigenvalue weighted by Crippen LogP contribution is 2.19. The maximum Gasteiger partial charge on any atom is 0.0802 e. The molecule has 2 nitrogen and oxygen atoms in total. The van der Waals surface area contributed by atoms with Crippen LogP contribution in [0.4, 0.5) is 0 Å². The highest BCUT2D eigenvalue weighted by molar-refractivity contribution is 5.07. The van der Waals surface area contributed by atoms with Gasteiger partial charge in [0.15, 0.2) is 0 Å². The van der Waals surface area contributed by atoms with E-state index >= 15 is 0 Å². The summed E-state index contributed by atoms with van der Waals surface area (Å²) in [5, 5.41) is 0. The third-order valence-corrected chi connectivity index (χ3v) is 3.09. The monoisotopic (exact) mass is 256 g/mol. The average molecular weight is 256 g/mol. The molecule has 0 amide bonds. The van der Waals surface area contributed by atoms with Crippen LogP contribution in [0.25, 0.3) is 0 Å². The fraction of sp³-hybridized carbons (Fsp3) is 0.875. The first-order valence-electron chi connectivity index (χ1n) is 7.32. The first-order valence-corrected chi connectivity index (χ1v) is 7.32. The van der Waals surface area contributed by atoms with Crippen LogP contribution in [-0.2, 0) is 4.74 Å². The summed E-state index contributed by atoms with van der Waals surface area (Å²) in [7, 11) is 6.67. The van der Waals surface area contributed by atoms with Crippen LogP contribution in [0, 0.1) is 11.8 Å². The summed E-state index contributed by atoms with van der Waals surface area (Å²) in [4.78, 5) is 0. The van der Waals surface area contributed by atoms with Crippen LogP contribution >= 0.6 is 0 Å². The number of allylic oxidation sites excluding steroid dienone is 1. The van der Waals surface area contributed by atoms with Crippen molar-refractivity contribution in [2.24, 2.45) is 11.8 Å². The standard InChI is InChI=1S/C16H34NO/c1-14(2)16(15(3)4)10-8-12-18-13-9-11-17(5,6)7/h10,14-15H,8-9,11-13H2,1-7H3/q+1. The molecule has 0 aliphatic rings. The molecule has 2 heteroatoms. The number of ether oxygens (including phenoxy) is 1. The first-order chi connectivity index (χ1) is 8.24. The summed E-state index contributed by atoms with van der Waals surface area (Å²) in [6, 6.07) is 0. The van der Waals surface area contributed by atoms with Crippen molar-refractivity contribution < 1.29 is 9.22 Å². The molecular formula is C16H34NO+. The molecule has 0 saturated carbocycles. The van der Waals surface area contributed by atoms with Crippen molar-refractivity contribution >= 4 is 0 Å². The van der Waals surface area contributed by atoms with Gasteiger partial charge in [0.1, 0.15) is 0 Å². The Morgan fingerprint density at radius 1 is 1.00 bits per heavy atom. The van der Waals surface area contributed by atoms with E-state index in [1.807, 2.05) is 0 Å². The second-order valence-electron chi connectivity index (χ2n) is 6.78. The average Bonchev–Trinajstić information content (AvgIpc) is 2.19. The minimum Gasteiger partial charge on any atom is -0.381 e. The van der Waals surface area contributed by atoms with Crippen molar-refractivity contribution in [1.29, 1.82) is 0 Å². The molecule has 0 aliphatic heterocycles. The SMILES string of the molecule is CC(C)C(=CCCOCCC[N+](C)(C)C)C(C)C. The van der Waals surface area contributed by atoms with E-state index in [0.29, 0.717) is 11.8 Å². The molecule has 0 spiro atoms. The molecule has 0 aliphatic carbocycles. The van der Waals surface area contributed by atoms with Crippen molar-refractivity contribution in [2.45, 2.75) is 40.5 Å². The molecular weight excluding hydrogens is 222 g/mol. The summed E-state index contributed by atoms with van der Waals surface area (Å²) in [6.07, 6.45) is 4.57. The van der Waals surface area contributed by atoms with Gasteiger partial charge in [-0.3, -0.25) is 0 Å². The minimum absolute atomic E-state index is 0.656. The van der Waals surface area contributed by atoms with Crippen LogP contribution < -0.4 is 0 Å². The van der Waals surface area contributed by atoms with Gasteiger partial charge in [0, 0.05) is 6.42 Å². The zero-order chi connectivity index (χ0) is 14.2. The molecule has 0 aromatic carbocycles. The van der Waals surface area contributed by atoms with Crippen molar-refractivity contribution in [3.63, 3.8) is 0 Å². The molecule has 0 radical (unpaired) electrons. The fourth-order valence-corrected chi connectivity index (χ4v) is 2.19. The van der Waals surface area contributed by atoms with Crippen molar-refractivity contribution in [3.8, 4) is 0 Å². The molecule has 18 heavy (non-hydrogen) atoms. The number of nitrogens with zero attached hydrogens (tertiary/aromatic N) is 1. The summed E-state index contributed by atoms with van der Waals surface area (Å²) in [5.74, 6) is 1.31. The molecule has 0 rings (SSSR count). The second-order valence-corrected chi connectivity index (χ2v) is 6.78. The van der Waals surface area contributed by atoms with Gasteiger partial charge in [0.05, 0.1) is 40.9 Å². The molecule has 0 fully saturated rings. The van der Waals surface area contributed by atoms with E-state index in [1.165, 1.54) is 6.54 Å². The predicted molar refractivity (Wildman–Crippen MR) is 80.7 cm³/mol. The number of hydrogen-bond donors (Lipinski definition) is 0. The highest BCUT2D eigenvalue weighted by Gasteiger charge is 2.07. The Morgan fingerprint density at radius 3 is 2.00 bits per heavy atom. The summed E-state index contributed by atoms with van der Waals surface area (Å²) in [5.41, 5.74) is 1.56. The molecule has 0 heterocycles. The van der Waals surface area contributed by atoms with E-state index in [9.17, 15) is 0 Å². The summed E-state index contributed by atoms with van der Waals surface area (Å²) < 4.78 is 6.71. The maximum atomic E-state index is 5.68. The normalized spacial score (nSPS) is 12.3. The highest BCUT2D eigenvalue weighted by atomic mass is 16.5. The Kier molecular flexibility index (Phi) is 8.54. The predicted octanol–water partition coefficient (Wildman–Crippen LogP) is 3.73. The molecule has 0 N–H and O–H groups in total. The largest absolute Gasteiger partial charge is 0.381 e. The molecule has 0 aromatic rings. The Morgan fingerprint density at radius 2 is 1.56 bits per heavy atom. The lowest BCUT2D eigenvalue weighted by atomic mass is 9.92. The van der Waals surface area contributed by atoms with E-state index in [0.717, 1.165) is 30.5 Å². The molecule has 0 unspecified atom stereocenters. The van der Waals surface area contributed by atoms with E-state index in [2.05, 4.69) is 54.9 Å². The smallest absolute Gasteiger partial charge is 0.0802 e. The number of rotatable bonds is 9. The van der Waals surface area contributed by atoms with Crippen LogP contribution in [0.15, 0.2) is 11.6 Å². The van der Waals surface area contributed by atoms with Crippen LogP contribution in [0.2, 0.25) is 0 Å². The molecule has 0 atom stereocenters. The summed E-state index contributed by atoms with van der Waals surface area (Å²) in [6.45, 7) is 12.0. The van der Waals surface area contributed by atoms with Crippen LogP contribution in [0.1, 0.15) is 40.5 Å². The van der Waals surface area contributed by atoms with Gasteiger partial charge in [-0.2, -0.15) is 0 Å². The van der Waals surface area contributed by atoms with Gasteiger partial charge in [0.2, 0.25) is 0 Å². The molecule has 108 valence electrons. The van der Waals surface area contributed by atoms with Crippen LogP contribution in [0.3, 0.4) is 0 Å².